The predicted molar refractivity (Wildman–Crippen MR) is 141 cm³/mol. The van der Waals surface area contributed by atoms with Gasteiger partial charge in [-0.15, -0.1) is 13.2 Å². The molecule has 1 spiro atoms. The average Bonchev–Trinajstić information content (AvgIpc) is 3.38. The lowest BCUT2D eigenvalue weighted by atomic mass is 9.62. The lowest BCUT2D eigenvalue weighted by molar-refractivity contribution is -0.162. The molecular weight excluding hydrogens is 472 g/mol. The maximum Gasteiger partial charge on any atom is 0.312 e. The Morgan fingerprint density at radius 2 is 1.97 bits per heavy atom. The zero-order chi connectivity index (χ0) is 27.2. The lowest BCUT2D eigenvalue weighted by Crippen LogP contribution is -2.56. The van der Waals surface area contributed by atoms with E-state index < -0.39 is 35.0 Å². The second kappa shape index (κ2) is 12.6. The predicted octanol–water partition coefficient (Wildman–Crippen LogP) is 3.48. The van der Waals surface area contributed by atoms with Gasteiger partial charge in [0.05, 0.1) is 18.1 Å². The molecule has 3 aliphatic rings. The topological polar surface area (TPSA) is 96.4 Å². The highest BCUT2D eigenvalue weighted by Gasteiger charge is 2.80. The Bertz CT molecular complexity index is 861. The number of likely N-dealkylation sites (tertiary alicyclic amines) is 1. The minimum Gasteiger partial charge on any atom is -0.465 e. The van der Waals surface area contributed by atoms with Crippen molar-refractivity contribution < 1.29 is 29.0 Å². The molecule has 0 aliphatic carbocycles. The van der Waals surface area contributed by atoms with Crippen molar-refractivity contribution in [1.82, 2.24) is 9.80 Å². The van der Waals surface area contributed by atoms with Gasteiger partial charge in [0.25, 0.3) is 0 Å². The first-order valence-electron chi connectivity index (χ1n) is 14.0. The summed E-state index contributed by atoms with van der Waals surface area (Å²) in [5.74, 6) is -2.31. The highest BCUT2D eigenvalue weighted by Crippen LogP contribution is 2.65. The highest BCUT2D eigenvalue weighted by molar-refractivity contribution is 5.98. The van der Waals surface area contributed by atoms with Crippen LogP contribution in [0.4, 0.5) is 0 Å². The number of esters is 1. The Balaban J connectivity index is 1.99. The molecule has 3 rings (SSSR count). The van der Waals surface area contributed by atoms with Crippen LogP contribution in [-0.4, -0.2) is 82.8 Å². The van der Waals surface area contributed by atoms with Gasteiger partial charge in [-0.3, -0.25) is 14.4 Å². The van der Waals surface area contributed by atoms with Gasteiger partial charge in [-0.1, -0.05) is 38.8 Å². The molecule has 0 aromatic heterocycles. The summed E-state index contributed by atoms with van der Waals surface area (Å²) >= 11 is 0. The number of aliphatic hydroxyl groups is 1. The van der Waals surface area contributed by atoms with E-state index in [9.17, 15) is 19.5 Å². The number of carbonyl (C=O) groups is 3. The van der Waals surface area contributed by atoms with E-state index >= 15 is 0 Å². The minimum absolute atomic E-state index is 0.0221. The third kappa shape index (κ3) is 5.37. The number of aliphatic hydroxyl groups excluding tert-OH is 1. The molecule has 3 fully saturated rings. The lowest BCUT2D eigenvalue weighted by Gasteiger charge is -2.37. The van der Waals surface area contributed by atoms with E-state index in [0.717, 1.165) is 25.7 Å². The Morgan fingerprint density at radius 3 is 2.62 bits per heavy atom. The summed E-state index contributed by atoms with van der Waals surface area (Å²) in [7, 11) is 0. The third-order valence-corrected chi connectivity index (χ3v) is 8.62. The first-order valence-corrected chi connectivity index (χ1v) is 14.0. The molecule has 6 atom stereocenters. The number of carbonyl (C=O) groups excluding carboxylic acids is 3. The van der Waals surface area contributed by atoms with Crippen LogP contribution >= 0.6 is 0 Å². The van der Waals surface area contributed by atoms with Gasteiger partial charge in [-0.2, -0.15) is 0 Å². The van der Waals surface area contributed by atoms with Crippen molar-refractivity contribution in [1.29, 1.82) is 0 Å². The Hall–Kier alpha value is -2.19. The Morgan fingerprint density at radius 1 is 1.22 bits per heavy atom. The summed E-state index contributed by atoms with van der Waals surface area (Å²) in [5.41, 5.74) is -1.94. The van der Waals surface area contributed by atoms with Crippen LogP contribution in [0, 0.1) is 17.8 Å². The fourth-order valence-electron chi connectivity index (χ4n) is 6.69. The van der Waals surface area contributed by atoms with Gasteiger partial charge < -0.3 is 24.4 Å². The van der Waals surface area contributed by atoms with Gasteiger partial charge in [0.15, 0.2) is 0 Å². The molecule has 2 bridgehead atoms. The largest absolute Gasteiger partial charge is 0.465 e. The average molecular weight is 519 g/mol. The zero-order valence-electron chi connectivity index (χ0n) is 23.0. The summed E-state index contributed by atoms with van der Waals surface area (Å²) in [6.07, 6.45) is 9.44. The molecule has 8 heteroatoms. The molecule has 0 aromatic rings. The molecular formula is C29H46N2O6. The van der Waals surface area contributed by atoms with Crippen molar-refractivity contribution in [2.45, 2.75) is 89.4 Å². The summed E-state index contributed by atoms with van der Waals surface area (Å²) < 4.78 is 12.3. The molecule has 37 heavy (non-hydrogen) atoms. The molecule has 0 saturated carbocycles. The van der Waals surface area contributed by atoms with E-state index in [1.165, 1.54) is 0 Å². The van der Waals surface area contributed by atoms with Gasteiger partial charge in [0.1, 0.15) is 17.6 Å². The second-order valence-electron chi connectivity index (χ2n) is 11.0. The number of rotatable bonds is 16. The summed E-state index contributed by atoms with van der Waals surface area (Å²) in [6, 6.07) is -0.795. The maximum absolute atomic E-state index is 14.2. The summed E-state index contributed by atoms with van der Waals surface area (Å²) in [4.78, 5) is 45.2. The first kappa shape index (κ1) is 29.4. The fraction of sp³-hybridized carbons (Fsp3) is 0.759. The van der Waals surface area contributed by atoms with Crippen LogP contribution in [-0.2, 0) is 23.9 Å². The van der Waals surface area contributed by atoms with Crippen molar-refractivity contribution in [3.63, 3.8) is 0 Å². The molecule has 3 heterocycles. The number of nitrogens with zero attached hydrogens (tertiary/aromatic N) is 2. The van der Waals surface area contributed by atoms with Crippen LogP contribution in [0.5, 0.6) is 0 Å². The van der Waals surface area contributed by atoms with Crippen molar-refractivity contribution in [2.75, 3.05) is 32.8 Å². The van der Waals surface area contributed by atoms with Gasteiger partial charge in [0, 0.05) is 26.2 Å². The molecule has 2 amide bonds. The standard InChI is InChI=1S/C29H46N2O6/c1-6-9-12-16-30(15-8-3)26(34)24-29-20-21(4)28(5,37-29)23(27(35)36-19-10-7-2)22(29)25(33)31(24)17-13-11-14-18-32/h7-8,21-24,32H,2-3,6,9-20H2,1,4-5H3/t21?,22-,23-,24?,28+,29?/m0/s1. The van der Waals surface area contributed by atoms with Gasteiger partial charge in [0.2, 0.25) is 11.8 Å². The van der Waals surface area contributed by atoms with Gasteiger partial charge in [-0.05, 0) is 51.4 Å². The quantitative estimate of drug-likeness (QED) is 0.191. The number of hydrogen-bond donors (Lipinski definition) is 1. The smallest absolute Gasteiger partial charge is 0.312 e. The molecule has 0 aromatic carbocycles. The summed E-state index contributed by atoms with van der Waals surface area (Å²) in [5, 5.41) is 9.21. The fourth-order valence-corrected chi connectivity index (χ4v) is 6.69. The maximum atomic E-state index is 14.2. The van der Waals surface area contributed by atoms with Crippen molar-refractivity contribution in [3.05, 3.63) is 25.3 Å². The zero-order valence-corrected chi connectivity index (χ0v) is 23.0. The minimum atomic E-state index is -1.06. The van der Waals surface area contributed by atoms with Gasteiger partial charge >= 0.3 is 5.97 Å². The molecule has 208 valence electrons. The normalized spacial score (nSPS) is 31.9. The van der Waals surface area contributed by atoms with E-state index in [-0.39, 0.29) is 30.9 Å². The highest BCUT2D eigenvalue weighted by atomic mass is 16.6. The van der Waals surface area contributed by atoms with Crippen molar-refractivity contribution in [3.8, 4) is 0 Å². The number of ether oxygens (including phenoxy) is 2. The van der Waals surface area contributed by atoms with E-state index in [1.54, 1.807) is 22.0 Å². The van der Waals surface area contributed by atoms with Crippen LogP contribution in [0.1, 0.15) is 72.1 Å². The molecule has 8 nitrogen and oxygen atoms in total. The third-order valence-electron chi connectivity index (χ3n) is 8.62. The van der Waals surface area contributed by atoms with Crippen molar-refractivity contribution in [2.24, 2.45) is 17.8 Å². The SMILES string of the molecule is C=CCCOC(=O)[C@@H]1[C@H]2C(=O)N(CCCCCO)C(C(=O)N(CC=C)CCCCC)C23CC(C)[C@@]1(C)O3. The van der Waals surface area contributed by atoms with E-state index in [4.69, 9.17) is 9.47 Å². The van der Waals surface area contributed by atoms with Crippen LogP contribution in [0.3, 0.4) is 0 Å². The molecule has 3 aliphatic heterocycles. The Kier molecular flexibility index (Phi) is 9.98. The molecule has 0 radical (unpaired) electrons. The summed E-state index contributed by atoms with van der Waals surface area (Å²) in [6.45, 7) is 15.2. The van der Waals surface area contributed by atoms with E-state index in [2.05, 4.69) is 20.1 Å². The molecule has 3 unspecified atom stereocenters. The van der Waals surface area contributed by atoms with Crippen LogP contribution in [0.2, 0.25) is 0 Å². The molecule has 1 N–H and O–H groups in total. The Labute approximate surface area is 222 Å². The van der Waals surface area contributed by atoms with E-state index in [0.29, 0.717) is 45.3 Å². The van der Waals surface area contributed by atoms with Gasteiger partial charge in [-0.25, -0.2) is 0 Å². The second-order valence-corrected chi connectivity index (χ2v) is 11.0. The van der Waals surface area contributed by atoms with Crippen LogP contribution in [0.25, 0.3) is 0 Å². The van der Waals surface area contributed by atoms with Crippen LogP contribution in [0.15, 0.2) is 25.3 Å². The number of hydrogen-bond acceptors (Lipinski definition) is 6. The van der Waals surface area contributed by atoms with Crippen LogP contribution < -0.4 is 0 Å². The number of unbranched alkanes of at least 4 members (excludes halogenated alkanes) is 4. The monoisotopic (exact) mass is 518 g/mol. The first-order chi connectivity index (χ1) is 17.7. The van der Waals surface area contributed by atoms with E-state index in [1.807, 2.05) is 13.8 Å². The molecule has 3 saturated heterocycles. The number of amides is 2. The van der Waals surface area contributed by atoms with Crippen molar-refractivity contribution >= 4 is 17.8 Å². The number of fused-ring (bicyclic) bond motifs is 1.